The second-order valence-electron chi connectivity index (χ2n) is 3.60. The molecule has 2 N–H and O–H groups in total. The van der Waals surface area contributed by atoms with E-state index in [9.17, 15) is 14.4 Å². The second-order valence-corrected chi connectivity index (χ2v) is 3.60. The predicted molar refractivity (Wildman–Crippen MR) is 66.4 cm³/mol. The van der Waals surface area contributed by atoms with Crippen molar-refractivity contribution in [2.24, 2.45) is 12.0 Å². The molecule has 0 aliphatic carbocycles. The third-order valence-electron chi connectivity index (χ3n) is 2.34. The zero-order valence-electron chi connectivity index (χ0n) is 10.2. The number of Topliss-reactive ketones (excluding diaryl/α,β-unsaturated/α-hetero) is 1. The molecular formula is C10H14N4O4. The summed E-state index contributed by atoms with van der Waals surface area (Å²) in [6.45, 7) is 2.66. The van der Waals surface area contributed by atoms with Crippen molar-refractivity contribution in [2.45, 2.75) is 6.54 Å². The Hall–Kier alpha value is -2.22. The average molecular weight is 254 g/mol. The zero-order chi connectivity index (χ0) is 13.9. The molecule has 0 bridgehead atoms. The molecule has 8 heteroatoms. The topological polar surface area (TPSA) is 109 Å². The number of nitrogens with zero attached hydrogens (tertiary/aromatic N) is 3. The first-order valence-electron chi connectivity index (χ1n) is 5.00. The molecule has 0 aliphatic heterocycles. The van der Waals surface area contributed by atoms with Crippen LogP contribution in [-0.4, -0.2) is 35.4 Å². The van der Waals surface area contributed by atoms with Crippen LogP contribution in [0.15, 0.2) is 14.6 Å². The summed E-state index contributed by atoms with van der Waals surface area (Å²) < 4.78 is 6.43. The van der Waals surface area contributed by atoms with Gasteiger partial charge in [0.15, 0.2) is 11.6 Å². The molecule has 0 radical (unpaired) electrons. The lowest BCUT2D eigenvalue weighted by molar-refractivity contribution is -0.123. The lowest BCUT2D eigenvalue weighted by atomic mass is 10.4. The third kappa shape index (κ3) is 2.38. The molecule has 0 fully saturated rings. The van der Waals surface area contributed by atoms with Crippen molar-refractivity contribution in [3.8, 4) is 0 Å². The van der Waals surface area contributed by atoms with E-state index in [4.69, 9.17) is 5.73 Å². The van der Waals surface area contributed by atoms with Gasteiger partial charge >= 0.3 is 5.69 Å². The van der Waals surface area contributed by atoms with E-state index in [1.165, 1.54) is 14.2 Å². The van der Waals surface area contributed by atoms with Gasteiger partial charge in [-0.15, -0.1) is 0 Å². The van der Waals surface area contributed by atoms with Crippen LogP contribution >= 0.6 is 0 Å². The summed E-state index contributed by atoms with van der Waals surface area (Å²) in [5, 5.41) is 0. The highest BCUT2D eigenvalue weighted by atomic mass is 16.5. The van der Waals surface area contributed by atoms with Crippen molar-refractivity contribution in [3.05, 3.63) is 20.8 Å². The fourth-order valence-corrected chi connectivity index (χ4v) is 1.49. The van der Waals surface area contributed by atoms with E-state index in [1.54, 1.807) is 0 Å². The Bertz CT molecular complexity index is 562. The number of ketones is 1. The maximum Gasteiger partial charge on any atom is 0.332 e. The number of carbonyl (C=O) groups excluding carboxylic acids is 1. The zero-order valence-corrected chi connectivity index (χ0v) is 10.2. The van der Waals surface area contributed by atoms with Crippen LogP contribution in [-0.2, 0) is 23.1 Å². The van der Waals surface area contributed by atoms with Crippen LogP contribution in [0.5, 0.6) is 0 Å². The summed E-state index contributed by atoms with van der Waals surface area (Å²) >= 11 is 0. The molecular weight excluding hydrogens is 240 g/mol. The van der Waals surface area contributed by atoms with E-state index in [0.29, 0.717) is 0 Å². The van der Waals surface area contributed by atoms with Crippen molar-refractivity contribution in [1.29, 1.82) is 0 Å². The second kappa shape index (κ2) is 5.41. The standard InChI is InChI=1S/C10H14N4O4/c1-12-8-7(11)9(16)14(10(17)13(8)2)4-6(15)5-18-3/h1,4-5,11H2,2-3H3. The average Bonchev–Trinajstić information content (AvgIpc) is 2.33. The van der Waals surface area contributed by atoms with Crippen LogP contribution in [0.2, 0.25) is 0 Å². The van der Waals surface area contributed by atoms with E-state index in [1.807, 2.05) is 0 Å². The summed E-state index contributed by atoms with van der Waals surface area (Å²) in [6, 6.07) is 0. The van der Waals surface area contributed by atoms with Gasteiger partial charge in [0.2, 0.25) is 0 Å². The molecule has 0 saturated heterocycles. The van der Waals surface area contributed by atoms with Crippen LogP contribution < -0.4 is 17.0 Å². The molecule has 18 heavy (non-hydrogen) atoms. The van der Waals surface area contributed by atoms with Gasteiger partial charge in [-0.1, -0.05) is 0 Å². The van der Waals surface area contributed by atoms with E-state index >= 15 is 0 Å². The van der Waals surface area contributed by atoms with Crippen molar-refractivity contribution in [2.75, 3.05) is 19.5 Å². The van der Waals surface area contributed by atoms with E-state index in [0.717, 1.165) is 9.13 Å². The monoisotopic (exact) mass is 254 g/mol. The molecule has 0 saturated carbocycles. The van der Waals surface area contributed by atoms with Crippen LogP contribution in [0.4, 0.5) is 11.5 Å². The van der Waals surface area contributed by atoms with Gasteiger partial charge in [-0.2, -0.15) is 0 Å². The highest BCUT2D eigenvalue weighted by Gasteiger charge is 2.15. The number of methoxy groups -OCH3 is 1. The van der Waals surface area contributed by atoms with Crippen LogP contribution in [0.1, 0.15) is 0 Å². The van der Waals surface area contributed by atoms with Gasteiger partial charge < -0.3 is 10.5 Å². The minimum atomic E-state index is -0.759. The minimum absolute atomic E-state index is 0.0135. The number of aromatic nitrogens is 2. The molecule has 0 atom stereocenters. The van der Waals surface area contributed by atoms with Crippen molar-refractivity contribution >= 4 is 24.0 Å². The largest absolute Gasteiger partial charge is 0.391 e. The minimum Gasteiger partial charge on any atom is -0.391 e. The Morgan fingerprint density at radius 3 is 2.61 bits per heavy atom. The molecule has 1 rings (SSSR count). The van der Waals surface area contributed by atoms with Gasteiger partial charge in [0.25, 0.3) is 5.56 Å². The Kier molecular flexibility index (Phi) is 4.16. The number of hydrogen-bond acceptors (Lipinski definition) is 6. The van der Waals surface area contributed by atoms with Crippen LogP contribution in [0, 0.1) is 0 Å². The number of aliphatic imine (C=N–C) groups is 1. The molecule has 0 unspecified atom stereocenters. The first kappa shape index (κ1) is 13.8. The van der Waals surface area contributed by atoms with Gasteiger partial charge in [0.05, 0.1) is 6.54 Å². The number of ether oxygens (including phenoxy) is 1. The highest BCUT2D eigenvalue weighted by Crippen LogP contribution is 2.12. The Morgan fingerprint density at radius 2 is 2.11 bits per heavy atom. The lowest BCUT2D eigenvalue weighted by Crippen LogP contribution is -2.42. The smallest absolute Gasteiger partial charge is 0.332 e. The molecule has 1 aromatic heterocycles. The first-order chi connectivity index (χ1) is 8.43. The molecule has 98 valence electrons. The molecule has 1 aromatic rings. The molecule has 8 nitrogen and oxygen atoms in total. The number of anilines is 1. The van der Waals surface area contributed by atoms with Crippen molar-refractivity contribution in [3.63, 3.8) is 0 Å². The van der Waals surface area contributed by atoms with E-state index in [-0.39, 0.29) is 24.7 Å². The molecule has 0 spiro atoms. The SMILES string of the molecule is C=Nc1c(N)c(=O)n(CC(=O)COC)c(=O)n1C. The summed E-state index contributed by atoms with van der Waals surface area (Å²) in [5.41, 5.74) is 3.88. The van der Waals surface area contributed by atoms with Gasteiger partial charge in [0.1, 0.15) is 12.3 Å². The predicted octanol–water partition coefficient (Wildman–Crippen LogP) is -1.32. The molecule has 0 aliphatic rings. The normalized spacial score (nSPS) is 10.3. The third-order valence-corrected chi connectivity index (χ3v) is 2.34. The van der Waals surface area contributed by atoms with Crippen LogP contribution in [0.25, 0.3) is 0 Å². The van der Waals surface area contributed by atoms with Gasteiger partial charge in [-0.25, -0.2) is 9.79 Å². The fourth-order valence-electron chi connectivity index (χ4n) is 1.49. The summed E-state index contributed by atoms with van der Waals surface area (Å²) in [4.78, 5) is 38.6. The van der Waals surface area contributed by atoms with Gasteiger partial charge in [-0.05, 0) is 6.72 Å². The summed E-state index contributed by atoms with van der Waals surface area (Å²) in [5.74, 6) is -0.421. The maximum absolute atomic E-state index is 11.9. The quantitative estimate of drug-likeness (QED) is 0.655. The van der Waals surface area contributed by atoms with E-state index in [2.05, 4.69) is 16.4 Å². The maximum atomic E-state index is 11.9. The van der Waals surface area contributed by atoms with E-state index < -0.39 is 17.0 Å². The van der Waals surface area contributed by atoms with Crippen molar-refractivity contribution < 1.29 is 9.53 Å². The number of hydrogen-bond donors (Lipinski definition) is 1. The fraction of sp³-hybridized carbons (Fsp3) is 0.400. The Labute approximate surface area is 102 Å². The molecule has 1 heterocycles. The lowest BCUT2D eigenvalue weighted by Gasteiger charge is -2.10. The van der Waals surface area contributed by atoms with Crippen LogP contribution in [0.3, 0.4) is 0 Å². The number of nitrogen functional groups attached to an aromatic ring is 1. The molecule has 0 aromatic carbocycles. The molecule has 0 amide bonds. The summed E-state index contributed by atoms with van der Waals surface area (Å²) in [6.07, 6.45) is 0. The Balaban J connectivity index is 3.39. The van der Waals surface area contributed by atoms with Gasteiger partial charge in [-0.3, -0.25) is 18.7 Å². The van der Waals surface area contributed by atoms with Gasteiger partial charge in [0, 0.05) is 14.2 Å². The number of carbonyl (C=O) groups is 1. The number of rotatable bonds is 5. The number of nitrogens with two attached hydrogens (primary N) is 1. The Morgan fingerprint density at radius 1 is 1.50 bits per heavy atom. The summed E-state index contributed by atoms with van der Waals surface area (Å²) in [7, 11) is 2.73. The van der Waals surface area contributed by atoms with Crippen molar-refractivity contribution in [1.82, 2.24) is 9.13 Å². The highest BCUT2D eigenvalue weighted by molar-refractivity contribution is 5.79. The first-order valence-corrected chi connectivity index (χ1v) is 5.00.